The molecule has 17 heavy (non-hydrogen) atoms. The monoisotopic (exact) mass is 296 g/mol. The Bertz CT molecular complexity index is 407. The molecule has 94 valence electrons. The summed E-state index contributed by atoms with van der Waals surface area (Å²) in [7, 11) is 0. The quantitative estimate of drug-likeness (QED) is 0.580. The number of alkyl halides is 3. The summed E-state index contributed by atoms with van der Waals surface area (Å²) >= 11 is 16.2. The van der Waals surface area contributed by atoms with Crippen molar-refractivity contribution in [2.45, 2.75) is 16.9 Å². The SMILES string of the molecule is Cc1cccc(NC(=O)N[C@H](O)C(Cl)(Cl)Cl)c1. The Morgan fingerprint density at radius 3 is 2.59 bits per heavy atom. The van der Waals surface area contributed by atoms with Crippen molar-refractivity contribution in [1.29, 1.82) is 0 Å². The molecule has 0 aliphatic rings. The molecule has 1 aromatic rings. The normalized spacial score (nSPS) is 13.0. The second-order valence-electron chi connectivity index (χ2n) is 3.41. The molecule has 1 atom stereocenters. The molecule has 0 radical (unpaired) electrons. The van der Waals surface area contributed by atoms with Crippen molar-refractivity contribution >= 4 is 46.5 Å². The van der Waals surface area contributed by atoms with Gasteiger partial charge >= 0.3 is 6.03 Å². The minimum atomic E-state index is -1.97. The molecule has 0 aliphatic heterocycles. The Kier molecular flexibility index (Phi) is 4.89. The van der Waals surface area contributed by atoms with Gasteiger partial charge in [0.25, 0.3) is 0 Å². The third-order valence-electron chi connectivity index (χ3n) is 1.85. The van der Waals surface area contributed by atoms with E-state index in [0.717, 1.165) is 5.56 Å². The van der Waals surface area contributed by atoms with Crippen LogP contribution in [-0.2, 0) is 0 Å². The number of nitrogens with one attached hydrogen (secondary N) is 2. The summed E-state index contributed by atoms with van der Waals surface area (Å²) in [6.07, 6.45) is -1.59. The van der Waals surface area contributed by atoms with Gasteiger partial charge in [0.2, 0.25) is 3.79 Å². The third kappa shape index (κ3) is 5.00. The highest BCUT2D eigenvalue weighted by Crippen LogP contribution is 2.28. The van der Waals surface area contributed by atoms with E-state index in [0.29, 0.717) is 5.69 Å². The van der Waals surface area contributed by atoms with Gasteiger partial charge < -0.3 is 15.7 Å². The molecule has 3 N–H and O–H groups in total. The van der Waals surface area contributed by atoms with Gasteiger partial charge in [0.05, 0.1) is 0 Å². The van der Waals surface area contributed by atoms with Crippen molar-refractivity contribution in [2.75, 3.05) is 5.32 Å². The number of benzene rings is 1. The summed E-state index contributed by atoms with van der Waals surface area (Å²) in [4.78, 5) is 11.4. The number of aliphatic hydroxyl groups is 1. The highest BCUT2D eigenvalue weighted by molar-refractivity contribution is 6.68. The first-order valence-electron chi connectivity index (χ1n) is 4.68. The van der Waals surface area contributed by atoms with Crippen LogP contribution >= 0.6 is 34.8 Å². The fourth-order valence-corrected chi connectivity index (χ4v) is 1.26. The Hall–Kier alpha value is -0.680. The number of aryl methyl sites for hydroxylation is 1. The first kappa shape index (κ1) is 14.4. The molecule has 0 bridgehead atoms. The van der Waals surface area contributed by atoms with Crippen LogP contribution in [0.2, 0.25) is 0 Å². The van der Waals surface area contributed by atoms with Crippen molar-refractivity contribution in [3.05, 3.63) is 29.8 Å². The third-order valence-corrected chi connectivity index (χ3v) is 2.47. The van der Waals surface area contributed by atoms with Crippen molar-refractivity contribution in [3.63, 3.8) is 0 Å². The number of halogens is 3. The Labute approximate surface area is 114 Å². The summed E-state index contributed by atoms with van der Waals surface area (Å²) in [5, 5.41) is 13.9. The van der Waals surface area contributed by atoms with E-state index >= 15 is 0 Å². The number of hydrogen-bond acceptors (Lipinski definition) is 2. The molecule has 0 aromatic heterocycles. The van der Waals surface area contributed by atoms with Gasteiger partial charge in [-0.3, -0.25) is 0 Å². The second-order valence-corrected chi connectivity index (χ2v) is 5.78. The number of carbonyl (C=O) groups is 1. The molecular weight excluding hydrogens is 286 g/mol. The molecule has 0 unspecified atom stereocenters. The summed E-state index contributed by atoms with van der Waals surface area (Å²) in [6.45, 7) is 1.89. The van der Waals surface area contributed by atoms with Crippen molar-refractivity contribution in [2.24, 2.45) is 0 Å². The lowest BCUT2D eigenvalue weighted by molar-refractivity contribution is 0.148. The molecule has 7 heteroatoms. The van der Waals surface area contributed by atoms with E-state index in [1.54, 1.807) is 18.2 Å². The fraction of sp³-hybridized carbons (Fsp3) is 0.300. The maximum absolute atomic E-state index is 11.4. The van der Waals surface area contributed by atoms with Gasteiger partial charge in [0, 0.05) is 5.69 Å². The number of hydrogen-bond donors (Lipinski definition) is 3. The van der Waals surface area contributed by atoms with E-state index in [-0.39, 0.29) is 0 Å². The van der Waals surface area contributed by atoms with Crippen LogP contribution in [0.5, 0.6) is 0 Å². The highest BCUT2D eigenvalue weighted by atomic mass is 35.6. The van der Waals surface area contributed by atoms with E-state index < -0.39 is 16.1 Å². The number of anilines is 1. The van der Waals surface area contributed by atoms with Crippen LogP contribution in [0.3, 0.4) is 0 Å². The van der Waals surface area contributed by atoms with Crippen LogP contribution < -0.4 is 10.6 Å². The van der Waals surface area contributed by atoms with Gasteiger partial charge in [0.1, 0.15) is 0 Å². The summed E-state index contributed by atoms with van der Waals surface area (Å²) in [5.74, 6) is 0. The molecule has 4 nitrogen and oxygen atoms in total. The van der Waals surface area contributed by atoms with Crippen molar-refractivity contribution in [3.8, 4) is 0 Å². The zero-order chi connectivity index (χ0) is 13.1. The lowest BCUT2D eigenvalue weighted by atomic mass is 10.2. The Morgan fingerprint density at radius 2 is 2.06 bits per heavy atom. The first-order valence-corrected chi connectivity index (χ1v) is 5.81. The molecule has 1 aromatic carbocycles. The minimum absolute atomic E-state index is 0.582. The van der Waals surface area contributed by atoms with E-state index in [4.69, 9.17) is 34.8 Å². The Morgan fingerprint density at radius 1 is 1.41 bits per heavy atom. The maximum Gasteiger partial charge on any atom is 0.321 e. The zero-order valence-corrected chi connectivity index (χ0v) is 11.1. The van der Waals surface area contributed by atoms with Gasteiger partial charge in [-0.1, -0.05) is 46.9 Å². The average molecular weight is 298 g/mol. The maximum atomic E-state index is 11.4. The Balaban J connectivity index is 2.56. The number of carbonyl (C=O) groups excluding carboxylic acids is 1. The lowest BCUT2D eigenvalue weighted by Crippen LogP contribution is -2.45. The van der Waals surface area contributed by atoms with Gasteiger partial charge in [0.15, 0.2) is 6.23 Å². The van der Waals surface area contributed by atoms with Gasteiger partial charge in [-0.2, -0.15) is 0 Å². The van der Waals surface area contributed by atoms with E-state index in [1.165, 1.54) is 0 Å². The number of rotatable bonds is 2. The predicted molar refractivity (Wildman–Crippen MR) is 69.6 cm³/mol. The van der Waals surface area contributed by atoms with Gasteiger partial charge in [-0.25, -0.2) is 4.79 Å². The van der Waals surface area contributed by atoms with Crippen LogP contribution in [0.25, 0.3) is 0 Å². The average Bonchev–Trinajstić information content (AvgIpc) is 2.15. The first-order chi connectivity index (χ1) is 7.79. The molecular formula is C10H11Cl3N2O2. The topological polar surface area (TPSA) is 61.4 Å². The van der Waals surface area contributed by atoms with E-state index in [1.807, 2.05) is 13.0 Å². The molecule has 0 aliphatic carbocycles. The molecule has 0 spiro atoms. The van der Waals surface area contributed by atoms with Crippen LogP contribution in [0.1, 0.15) is 5.56 Å². The minimum Gasteiger partial charge on any atom is -0.369 e. The van der Waals surface area contributed by atoms with Crippen molar-refractivity contribution in [1.82, 2.24) is 5.32 Å². The molecule has 2 amide bonds. The van der Waals surface area contributed by atoms with E-state index in [9.17, 15) is 9.90 Å². The summed E-state index contributed by atoms with van der Waals surface area (Å²) < 4.78 is -1.97. The van der Waals surface area contributed by atoms with Crippen molar-refractivity contribution < 1.29 is 9.90 Å². The number of aliphatic hydroxyl groups excluding tert-OH is 1. The number of amides is 2. The van der Waals surface area contributed by atoms with Gasteiger partial charge in [-0.05, 0) is 24.6 Å². The highest BCUT2D eigenvalue weighted by Gasteiger charge is 2.32. The molecule has 1 rings (SSSR count). The molecule has 0 heterocycles. The zero-order valence-electron chi connectivity index (χ0n) is 8.88. The predicted octanol–water partition coefficient (Wildman–Crippen LogP) is 2.81. The van der Waals surface area contributed by atoms with Crippen LogP contribution in [0.4, 0.5) is 10.5 Å². The second kappa shape index (κ2) is 5.78. The number of urea groups is 1. The molecule has 0 saturated carbocycles. The summed E-state index contributed by atoms with van der Waals surface area (Å²) in [6, 6.07) is 6.49. The largest absolute Gasteiger partial charge is 0.369 e. The molecule has 0 fully saturated rings. The van der Waals surface area contributed by atoms with E-state index in [2.05, 4.69) is 10.6 Å². The fourth-order valence-electron chi connectivity index (χ4n) is 1.10. The summed E-state index contributed by atoms with van der Waals surface area (Å²) in [5.41, 5.74) is 1.57. The standard InChI is InChI=1S/C10H11Cl3N2O2/c1-6-3-2-4-7(5-6)14-9(17)15-8(16)10(11,12)13/h2-5,8,16H,1H3,(H2,14,15,17)/t8-/m1/s1. The van der Waals surface area contributed by atoms with Crippen LogP contribution in [0, 0.1) is 6.92 Å². The molecule has 0 saturated heterocycles. The van der Waals surface area contributed by atoms with Crippen LogP contribution in [-0.4, -0.2) is 21.2 Å². The smallest absolute Gasteiger partial charge is 0.321 e. The lowest BCUT2D eigenvalue weighted by Gasteiger charge is -2.20. The van der Waals surface area contributed by atoms with Crippen LogP contribution in [0.15, 0.2) is 24.3 Å². The van der Waals surface area contributed by atoms with Gasteiger partial charge in [-0.15, -0.1) is 0 Å².